The molecule has 1 heterocycles. The molecule has 7 heteroatoms. The minimum Gasteiger partial charge on any atom is -0.456 e. The number of benzene rings is 4. The van der Waals surface area contributed by atoms with E-state index in [9.17, 15) is 17.9 Å². The van der Waals surface area contributed by atoms with Crippen LogP contribution in [0, 0.1) is 18.6 Å². The van der Waals surface area contributed by atoms with Crippen LogP contribution in [0.15, 0.2) is 84.9 Å². The molecule has 4 aromatic rings. The summed E-state index contributed by atoms with van der Waals surface area (Å²) < 4.78 is 61.5. The van der Waals surface area contributed by atoms with Crippen molar-refractivity contribution >= 4 is 41.5 Å². The quantitative estimate of drug-likeness (QED) is 0.367. The molecule has 0 bridgehead atoms. The summed E-state index contributed by atoms with van der Waals surface area (Å²) in [6, 6.07) is 21.7. The van der Waals surface area contributed by atoms with Gasteiger partial charge >= 0.3 is 0 Å². The van der Waals surface area contributed by atoms with E-state index in [1.54, 1.807) is 24.3 Å². The third-order valence-electron chi connectivity index (χ3n) is 5.55. The molecule has 0 spiro atoms. The van der Waals surface area contributed by atoms with Gasteiger partial charge in [-0.2, -0.15) is 0 Å². The minimum atomic E-state index is -3.62. The van der Waals surface area contributed by atoms with Crippen molar-refractivity contribution in [3.05, 3.63) is 102 Å². The Morgan fingerprint density at radius 1 is 0.719 bits per heavy atom. The maximum Gasteiger partial charge on any atom is 0.178 e. The molecule has 4 aromatic carbocycles. The van der Waals surface area contributed by atoms with E-state index in [1.165, 1.54) is 36.4 Å². The Balaban J connectivity index is 1.64. The Bertz CT molecular complexity index is 1360. The van der Waals surface area contributed by atoms with Gasteiger partial charge in [-0.15, -0.1) is 0 Å². The van der Waals surface area contributed by atoms with Crippen molar-refractivity contribution in [2.75, 3.05) is 0 Å². The fourth-order valence-corrected chi connectivity index (χ4v) is 7.99. The highest BCUT2D eigenvalue weighted by Gasteiger charge is 2.39. The Hall–Kier alpha value is -3.00. The molecule has 1 aliphatic heterocycles. The van der Waals surface area contributed by atoms with Crippen molar-refractivity contribution in [2.24, 2.45) is 0 Å². The molecule has 3 nitrogen and oxygen atoms in total. The van der Waals surface area contributed by atoms with E-state index in [1.807, 2.05) is 31.2 Å². The van der Waals surface area contributed by atoms with Crippen LogP contribution in [0.3, 0.4) is 0 Å². The first-order valence-electron chi connectivity index (χ1n) is 9.96. The SMILES string of the molecule is Cc1ccc([PH](=O)c2ccc(P3(=O)c4cc(F)ccc4Oc4ccc(F)cc43)cc2)cc1. The summed E-state index contributed by atoms with van der Waals surface area (Å²) in [5.41, 5.74) is 1.08. The molecule has 0 aliphatic carbocycles. The van der Waals surface area contributed by atoms with Crippen LogP contribution < -0.4 is 31.3 Å². The zero-order valence-corrected chi connectivity index (χ0v) is 18.9. The molecule has 0 saturated heterocycles. The molecule has 5 rings (SSSR count). The smallest absolute Gasteiger partial charge is 0.178 e. The van der Waals surface area contributed by atoms with E-state index in [-0.39, 0.29) is 22.1 Å². The van der Waals surface area contributed by atoms with E-state index < -0.39 is 26.6 Å². The largest absolute Gasteiger partial charge is 0.456 e. The summed E-state index contributed by atoms with van der Waals surface area (Å²) in [6.45, 7) is 1.96. The van der Waals surface area contributed by atoms with Gasteiger partial charge in [0.1, 0.15) is 30.9 Å². The van der Waals surface area contributed by atoms with E-state index in [4.69, 9.17) is 4.74 Å². The lowest BCUT2D eigenvalue weighted by Gasteiger charge is -2.29. The topological polar surface area (TPSA) is 43.4 Å². The van der Waals surface area contributed by atoms with E-state index >= 15 is 0 Å². The fourth-order valence-electron chi connectivity index (χ4n) is 3.87. The molecular weight excluding hydrogens is 448 g/mol. The van der Waals surface area contributed by atoms with Gasteiger partial charge in [-0.1, -0.05) is 54.1 Å². The first-order chi connectivity index (χ1) is 15.4. The van der Waals surface area contributed by atoms with Gasteiger partial charge in [-0.05, 0) is 43.3 Å². The van der Waals surface area contributed by atoms with Gasteiger partial charge in [-0.25, -0.2) is 8.78 Å². The predicted octanol–water partition coefficient (Wildman–Crippen LogP) is 4.53. The summed E-state index contributed by atoms with van der Waals surface area (Å²) in [4.78, 5) is 0. The number of ether oxygens (including phenoxy) is 1. The van der Waals surface area contributed by atoms with Gasteiger partial charge in [0.05, 0.1) is 10.6 Å². The van der Waals surface area contributed by atoms with E-state index in [0.29, 0.717) is 10.6 Å². The van der Waals surface area contributed by atoms with Crippen molar-refractivity contribution in [1.82, 2.24) is 0 Å². The van der Waals surface area contributed by atoms with Gasteiger partial charge in [-0.3, -0.25) is 0 Å². The average molecular weight is 466 g/mol. The second kappa shape index (κ2) is 7.85. The Morgan fingerprint density at radius 3 is 1.69 bits per heavy atom. The Kier molecular flexibility index (Phi) is 5.12. The predicted molar refractivity (Wildman–Crippen MR) is 125 cm³/mol. The summed E-state index contributed by atoms with van der Waals surface area (Å²) in [5, 5.41) is 2.08. The van der Waals surface area contributed by atoms with Crippen LogP contribution in [-0.2, 0) is 9.13 Å². The highest BCUT2D eigenvalue weighted by atomic mass is 31.2. The van der Waals surface area contributed by atoms with Gasteiger partial charge in [0, 0.05) is 15.9 Å². The summed E-state index contributed by atoms with van der Waals surface area (Å²) in [5.74, 6) is -0.584. The molecule has 0 N–H and O–H groups in total. The van der Waals surface area contributed by atoms with Crippen LogP contribution in [0.25, 0.3) is 0 Å². The van der Waals surface area contributed by atoms with Crippen LogP contribution >= 0.6 is 14.9 Å². The summed E-state index contributed by atoms with van der Waals surface area (Å²) in [6.07, 6.45) is 0. The normalized spacial score (nSPS) is 14.7. The highest BCUT2D eigenvalue weighted by Crippen LogP contribution is 2.51. The maximum atomic E-state index is 14.5. The zero-order valence-electron chi connectivity index (χ0n) is 17.0. The van der Waals surface area contributed by atoms with Crippen molar-refractivity contribution in [1.29, 1.82) is 0 Å². The monoisotopic (exact) mass is 466 g/mol. The molecule has 0 aromatic heterocycles. The zero-order chi connectivity index (χ0) is 22.5. The minimum absolute atomic E-state index is 0.175. The molecule has 1 unspecified atom stereocenters. The molecule has 0 amide bonds. The Labute approximate surface area is 184 Å². The summed E-state index contributed by atoms with van der Waals surface area (Å²) in [7, 11) is -5.87. The molecule has 0 saturated carbocycles. The van der Waals surface area contributed by atoms with E-state index in [0.717, 1.165) is 10.9 Å². The molecule has 1 atom stereocenters. The average Bonchev–Trinajstić information content (AvgIpc) is 2.80. The number of hydrogen-bond acceptors (Lipinski definition) is 3. The van der Waals surface area contributed by atoms with E-state index in [2.05, 4.69) is 0 Å². The lowest BCUT2D eigenvalue weighted by atomic mass is 10.2. The first-order valence-corrected chi connectivity index (χ1v) is 13.1. The lowest BCUT2D eigenvalue weighted by molar-refractivity contribution is 0.481. The van der Waals surface area contributed by atoms with Crippen LogP contribution in [0.1, 0.15) is 5.56 Å². The Morgan fingerprint density at radius 2 is 1.19 bits per heavy atom. The molecule has 0 fully saturated rings. The molecule has 0 radical (unpaired) electrons. The molecule has 1 aliphatic rings. The third kappa shape index (κ3) is 3.43. The second-order valence-electron chi connectivity index (χ2n) is 7.68. The summed E-state index contributed by atoms with van der Waals surface area (Å²) >= 11 is 0. The number of aryl methyl sites for hydroxylation is 1. The standard InChI is InChI=1S/C25H18F2O3P2/c1-16-2-6-19(7-3-16)31(28)20-8-10-21(11-9-20)32(29)24-14-17(26)4-12-22(24)30-23-13-5-18(27)15-25(23)32/h2-15,31H,1H3. The van der Waals surface area contributed by atoms with Crippen molar-refractivity contribution in [3.8, 4) is 11.5 Å². The maximum absolute atomic E-state index is 14.5. The number of hydrogen-bond donors (Lipinski definition) is 0. The molecular formula is C25H18F2O3P2. The van der Waals surface area contributed by atoms with Crippen LogP contribution in [0.4, 0.5) is 8.78 Å². The first kappa shape index (κ1) is 20.9. The van der Waals surface area contributed by atoms with Gasteiger partial charge in [0.2, 0.25) is 0 Å². The van der Waals surface area contributed by atoms with Gasteiger partial charge in [0.25, 0.3) is 0 Å². The number of rotatable bonds is 3. The highest BCUT2D eigenvalue weighted by molar-refractivity contribution is 7.85. The van der Waals surface area contributed by atoms with Crippen molar-refractivity contribution < 1.29 is 22.6 Å². The molecule has 160 valence electrons. The lowest BCUT2D eigenvalue weighted by Crippen LogP contribution is -2.31. The van der Waals surface area contributed by atoms with Crippen LogP contribution in [-0.4, -0.2) is 0 Å². The number of fused-ring (bicyclic) bond motifs is 2. The van der Waals surface area contributed by atoms with Crippen LogP contribution in [0.5, 0.6) is 11.5 Å². The van der Waals surface area contributed by atoms with Crippen molar-refractivity contribution in [3.63, 3.8) is 0 Å². The fraction of sp³-hybridized carbons (Fsp3) is 0.0400. The second-order valence-corrected chi connectivity index (χ2v) is 12.2. The van der Waals surface area contributed by atoms with Gasteiger partial charge < -0.3 is 13.9 Å². The number of halogens is 2. The van der Waals surface area contributed by atoms with Crippen molar-refractivity contribution in [2.45, 2.75) is 6.92 Å². The molecule has 32 heavy (non-hydrogen) atoms. The van der Waals surface area contributed by atoms with Crippen LogP contribution in [0.2, 0.25) is 0 Å². The van der Waals surface area contributed by atoms with Gasteiger partial charge in [0.15, 0.2) is 7.14 Å². The third-order valence-corrected chi connectivity index (χ3v) is 10.3.